The average Bonchev–Trinajstić information content (AvgIpc) is 2.36. The first-order valence-electron chi connectivity index (χ1n) is 6.28. The number of methoxy groups -OCH3 is 1. The van der Waals surface area contributed by atoms with Crippen LogP contribution in [0.25, 0.3) is 0 Å². The molecule has 0 saturated heterocycles. The van der Waals surface area contributed by atoms with Crippen molar-refractivity contribution in [1.29, 1.82) is 0 Å². The summed E-state index contributed by atoms with van der Waals surface area (Å²) in [5.41, 5.74) is 1.20. The van der Waals surface area contributed by atoms with E-state index in [1.807, 2.05) is 0 Å². The van der Waals surface area contributed by atoms with Gasteiger partial charge in [0.05, 0.1) is 11.5 Å². The van der Waals surface area contributed by atoms with Crippen LogP contribution in [0.1, 0.15) is 11.1 Å². The molecule has 118 valence electrons. The fourth-order valence-electron chi connectivity index (χ4n) is 1.78. The largest absolute Gasteiger partial charge is 0.483 e. The van der Waals surface area contributed by atoms with Crippen LogP contribution in [0.4, 0.5) is 0 Å². The van der Waals surface area contributed by atoms with Crippen LogP contribution in [0, 0.1) is 13.8 Å². The molecule has 1 amide bonds. The van der Waals surface area contributed by atoms with Gasteiger partial charge in [0.15, 0.2) is 6.61 Å². The van der Waals surface area contributed by atoms with Crippen molar-refractivity contribution in [3.8, 4) is 5.75 Å². The topological polar surface area (TPSA) is 108 Å². The fourth-order valence-corrected chi connectivity index (χ4v) is 2.47. The van der Waals surface area contributed by atoms with Crippen molar-refractivity contribution in [2.24, 2.45) is 5.14 Å². The molecule has 1 rings (SSSR count). The van der Waals surface area contributed by atoms with Gasteiger partial charge in [-0.05, 0) is 37.1 Å². The molecular formula is C13H20N2O5S. The third-order valence-corrected chi connectivity index (χ3v) is 3.63. The highest BCUT2D eigenvalue weighted by Gasteiger charge is 2.14. The van der Waals surface area contributed by atoms with Crippen molar-refractivity contribution in [2.75, 3.05) is 26.9 Å². The summed E-state index contributed by atoms with van der Waals surface area (Å²) in [6.07, 6.45) is 0. The number of aryl methyl sites for hydroxylation is 2. The van der Waals surface area contributed by atoms with Gasteiger partial charge < -0.3 is 14.8 Å². The van der Waals surface area contributed by atoms with Crippen molar-refractivity contribution in [3.63, 3.8) is 0 Å². The van der Waals surface area contributed by atoms with Crippen LogP contribution in [0.15, 0.2) is 17.0 Å². The summed E-state index contributed by atoms with van der Waals surface area (Å²) in [4.78, 5) is 11.6. The number of nitrogens with one attached hydrogen (secondary N) is 1. The lowest BCUT2D eigenvalue weighted by atomic mass is 10.1. The van der Waals surface area contributed by atoms with E-state index in [4.69, 9.17) is 14.6 Å². The Labute approximate surface area is 124 Å². The number of amides is 1. The normalized spacial score (nSPS) is 11.2. The minimum Gasteiger partial charge on any atom is -0.483 e. The number of sulfonamides is 1. The van der Waals surface area contributed by atoms with E-state index in [1.165, 1.54) is 12.1 Å². The van der Waals surface area contributed by atoms with E-state index < -0.39 is 10.0 Å². The lowest BCUT2D eigenvalue weighted by molar-refractivity contribution is -0.123. The highest BCUT2D eigenvalue weighted by molar-refractivity contribution is 7.89. The van der Waals surface area contributed by atoms with Crippen LogP contribution in [-0.4, -0.2) is 41.2 Å². The van der Waals surface area contributed by atoms with Crippen LogP contribution in [0.2, 0.25) is 0 Å². The summed E-state index contributed by atoms with van der Waals surface area (Å²) in [7, 11) is -2.22. The summed E-state index contributed by atoms with van der Waals surface area (Å²) in [6.45, 7) is 4.06. The van der Waals surface area contributed by atoms with Crippen molar-refractivity contribution < 1.29 is 22.7 Å². The summed E-state index contributed by atoms with van der Waals surface area (Å²) in [5.74, 6) is 0.200. The Kier molecular flexibility index (Phi) is 6.13. The molecule has 8 heteroatoms. The van der Waals surface area contributed by atoms with Gasteiger partial charge in [-0.3, -0.25) is 4.79 Å². The number of hydrogen-bond donors (Lipinski definition) is 2. The lowest BCUT2D eigenvalue weighted by Crippen LogP contribution is -2.31. The van der Waals surface area contributed by atoms with Gasteiger partial charge in [0.25, 0.3) is 5.91 Å². The standard InChI is InChI=1S/C13H20N2O5S/c1-9-6-11(21(14,17)18)7-10(2)13(9)20-8-12(16)15-4-5-19-3/h6-7H,4-5,8H2,1-3H3,(H,15,16)(H2,14,17,18). The van der Waals surface area contributed by atoms with E-state index >= 15 is 0 Å². The average molecular weight is 316 g/mol. The van der Waals surface area contributed by atoms with Gasteiger partial charge in [-0.2, -0.15) is 0 Å². The zero-order chi connectivity index (χ0) is 16.0. The maximum absolute atomic E-state index is 11.5. The molecule has 0 bridgehead atoms. The highest BCUT2D eigenvalue weighted by atomic mass is 32.2. The van der Waals surface area contributed by atoms with Crippen LogP contribution in [0.5, 0.6) is 5.75 Å². The van der Waals surface area contributed by atoms with Gasteiger partial charge in [-0.1, -0.05) is 0 Å². The molecule has 1 aromatic carbocycles. The molecule has 0 unspecified atom stereocenters. The second-order valence-electron chi connectivity index (χ2n) is 4.56. The van der Waals surface area contributed by atoms with Gasteiger partial charge in [0.1, 0.15) is 5.75 Å². The molecule has 0 fully saturated rings. The first-order chi connectivity index (χ1) is 9.75. The maximum atomic E-state index is 11.5. The molecule has 0 saturated carbocycles. The number of hydrogen-bond acceptors (Lipinski definition) is 5. The van der Waals surface area contributed by atoms with E-state index in [-0.39, 0.29) is 17.4 Å². The highest BCUT2D eigenvalue weighted by Crippen LogP contribution is 2.26. The quantitative estimate of drug-likeness (QED) is 0.693. The second kappa shape index (κ2) is 7.39. The zero-order valence-corrected chi connectivity index (χ0v) is 13.1. The Morgan fingerprint density at radius 1 is 1.29 bits per heavy atom. The summed E-state index contributed by atoms with van der Waals surface area (Å²) < 4.78 is 32.9. The Morgan fingerprint density at radius 2 is 1.86 bits per heavy atom. The predicted molar refractivity (Wildman–Crippen MR) is 77.7 cm³/mol. The van der Waals surface area contributed by atoms with Crippen LogP contribution in [0.3, 0.4) is 0 Å². The van der Waals surface area contributed by atoms with E-state index in [0.29, 0.717) is 30.0 Å². The predicted octanol–water partition coefficient (Wildman–Crippen LogP) is 0.0922. The zero-order valence-electron chi connectivity index (χ0n) is 12.3. The van der Waals surface area contributed by atoms with E-state index in [0.717, 1.165) is 0 Å². The van der Waals surface area contributed by atoms with Crippen LogP contribution in [-0.2, 0) is 19.6 Å². The molecular weight excluding hydrogens is 296 g/mol. The minimum absolute atomic E-state index is 0.0226. The first-order valence-corrected chi connectivity index (χ1v) is 7.83. The van der Waals surface area contributed by atoms with Gasteiger partial charge in [-0.15, -0.1) is 0 Å². The van der Waals surface area contributed by atoms with Gasteiger partial charge >= 0.3 is 0 Å². The van der Waals surface area contributed by atoms with Gasteiger partial charge in [-0.25, -0.2) is 13.6 Å². The Hall–Kier alpha value is -1.64. The number of benzene rings is 1. The van der Waals surface area contributed by atoms with Crippen LogP contribution < -0.4 is 15.2 Å². The monoisotopic (exact) mass is 316 g/mol. The minimum atomic E-state index is -3.76. The Balaban J connectivity index is 2.75. The molecule has 7 nitrogen and oxygen atoms in total. The van der Waals surface area contributed by atoms with Gasteiger partial charge in [0, 0.05) is 13.7 Å². The number of carbonyl (C=O) groups is 1. The van der Waals surface area contributed by atoms with E-state index in [9.17, 15) is 13.2 Å². The number of primary sulfonamides is 1. The number of carbonyl (C=O) groups excluding carboxylic acids is 1. The van der Waals surface area contributed by atoms with Crippen molar-refractivity contribution in [1.82, 2.24) is 5.32 Å². The van der Waals surface area contributed by atoms with Crippen LogP contribution >= 0.6 is 0 Å². The Morgan fingerprint density at radius 3 is 2.33 bits per heavy atom. The molecule has 0 aliphatic heterocycles. The lowest BCUT2D eigenvalue weighted by Gasteiger charge is -2.13. The van der Waals surface area contributed by atoms with Crippen molar-refractivity contribution in [3.05, 3.63) is 23.3 Å². The number of nitrogens with two attached hydrogens (primary N) is 1. The molecule has 0 radical (unpaired) electrons. The molecule has 0 aromatic heterocycles. The molecule has 21 heavy (non-hydrogen) atoms. The molecule has 0 aliphatic carbocycles. The maximum Gasteiger partial charge on any atom is 0.258 e. The van der Waals surface area contributed by atoms with E-state index in [1.54, 1.807) is 21.0 Å². The fraction of sp³-hybridized carbons (Fsp3) is 0.462. The third-order valence-electron chi connectivity index (χ3n) is 2.74. The summed E-state index contributed by atoms with van der Waals surface area (Å²) >= 11 is 0. The van der Waals surface area contributed by atoms with E-state index in [2.05, 4.69) is 5.32 Å². The third kappa shape index (κ3) is 5.33. The SMILES string of the molecule is COCCNC(=O)COc1c(C)cc(S(N)(=O)=O)cc1C. The first kappa shape index (κ1) is 17.4. The summed E-state index contributed by atoms with van der Waals surface area (Å²) in [6, 6.07) is 2.83. The molecule has 0 spiro atoms. The Bertz CT molecular complexity index is 590. The van der Waals surface area contributed by atoms with Gasteiger partial charge in [0.2, 0.25) is 10.0 Å². The molecule has 3 N–H and O–H groups in total. The molecule has 0 aliphatic rings. The van der Waals surface area contributed by atoms with Crippen molar-refractivity contribution >= 4 is 15.9 Å². The number of ether oxygens (including phenoxy) is 2. The second-order valence-corrected chi connectivity index (χ2v) is 6.12. The summed E-state index contributed by atoms with van der Waals surface area (Å²) in [5, 5.41) is 7.71. The molecule has 1 aromatic rings. The smallest absolute Gasteiger partial charge is 0.258 e. The number of rotatable bonds is 7. The molecule has 0 heterocycles. The van der Waals surface area contributed by atoms with Crippen molar-refractivity contribution in [2.45, 2.75) is 18.7 Å². The molecule has 0 atom stereocenters.